The molecule has 0 fully saturated rings. The molecule has 0 amide bonds. The van der Waals surface area contributed by atoms with E-state index in [2.05, 4.69) is 4.98 Å². The molecular formula is C10H15F3N2S. The van der Waals surface area contributed by atoms with Gasteiger partial charge in [0, 0.05) is 24.3 Å². The number of nitrogens with zero attached hydrogens (tertiary/aromatic N) is 1. The Kier molecular flexibility index (Phi) is 4.73. The Hall–Kier alpha value is -0.620. The van der Waals surface area contributed by atoms with Crippen molar-refractivity contribution in [1.29, 1.82) is 0 Å². The molecule has 1 heterocycles. The highest BCUT2D eigenvalue weighted by molar-refractivity contribution is 7.09. The van der Waals surface area contributed by atoms with Gasteiger partial charge >= 0.3 is 6.18 Å². The molecule has 1 atom stereocenters. The summed E-state index contributed by atoms with van der Waals surface area (Å²) in [6, 6.07) is -0.233. The first-order valence-electron chi connectivity index (χ1n) is 5.10. The number of nitrogens with two attached hydrogens (primary N) is 1. The summed E-state index contributed by atoms with van der Waals surface area (Å²) in [7, 11) is 0. The lowest BCUT2D eigenvalue weighted by atomic mass is 10.1. The zero-order valence-corrected chi connectivity index (χ0v) is 9.87. The predicted molar refractivity (Wildman–Crippen MR) is 58.4 cm³/mol. The Balaban J connectivity index is 2.23. The largest absolute Gasteiger partial charge is 0.389 e. The highest BCUT2D eigenvalue weighted by Gasteiger charge is 2.26. The predicted octanol–water partition coefficient (Wildman–Crippen LogP) is 3.05. The van der Waals surface area contributed by atoms with E-state index in [-0.39, 0.29) is 12.5 Å². The molecule has 92 valence electrons. The third-order valence-electron chi connectivity index (χ3n) is 2.17. The molecule has 1 unspecified atom stereocenters. The number of aromatic nitrogens is 1. The molecular weight excluding hydrogens is 237 g/mol. The van der Waals surface area contributed by atoms with E-state index in [4.69, 9.17) is 5.73 Å². The van der Waals surface area contributed by atoms with Gasteiger partial charge in [-0.1, -0.05) is 0 Å². The summed E-state index contributed by atoms with van der Waals surface area (Å²) < 4.78 is 35.7. The van der Waals surface area contributed by atoms with Crippen LogP contribution in [0.15, 0.2) is 5.38 Å². The molecule has 0 aliphatic rings. The van der Waals surface area contributed by atoms with Gasteiger partial charge in [-0.15, -0.1) is 11.3 Å². The smallest absolute Gasteiger partial charge is 0.327 e. The number of thiazole rings is 1. The Morgan fingerprint density at radius 3 is 2.69 bits per heavy atom. The molecule has 2 N–H and O–H groups in total. The fraction of sp³-hybridized carbons (Fsp3) is 0.700. The molecule has 0 aromatic carbocycles. The van der Waals surface area contributed by atoms with Crippen molar-refractivity contribution in [1.82, 2.24) is 4.98 Å². The topological polar surface area (TPSA) is 38.9 Å². The summed E-state index contributed by atoms with van der Waals surface area (Å²) in [5.74, 6) is 0. The van der Waals surface area contributed by atoms with Gasteiger partial charge in [0.2, 0.25) is 0 Å². The minimum Gasteiger partial charge on any atom is -0.327 e. The second-order valence-electron chi connectivity index (χ2n) is 3.83. The van der Waals surface area contributed by atoms with Crippen LogP contribution in [0.25, 0.3) is 0 Å². The number of hydrogen-bond donors (Lipinski definition) is 1. The van der Waals surface area contributed by atoms with Gasteiger partial charge in [-0.3, -0.25) is 0 Å². The third kappa shape index (κ3) is 5.46. The maximum absolute atomic E-state index is 11.9. The number of halogens is 3. The Morgan fingerprint density at radius 1 is 1.50 bits per heavy atom. The third-order valence-corrected chi connectivity index (χ3v) is 3.00. The van der Waals surface area contributed by atoms with Gasteiger partial charge in [-0.2, -0.15) is 13.2 Å². The standard InChI is InChI=1S/C10H15F3N2S/c1-7-15-9(6-16-7)5-8(14)3-2-4-10(11,12)13/h6,8H,2-5,14H2,1H3. The lowest BCUT2D eigenvalue weighted by molar-refractivity contribution is -0.135. The molecule has 0 aliphatic carbocycles. The van der Waals surface area contributed by atoms with Crippen molar-refractivity contribution in [2.24, 2.45) is 5.73 Å². The van der Waals surface area contributed by atoms with E-state index >= 15 is 0 Å². The second kappa shape index (κ2) is 5.63. The molecule has 0 saturated carbocycles. The van der Waals surface area contributed by atoms with E-state index in [9.17, 15) is 13.2 Å². The van der Waals surface area contributed by atoms with Gasteiger partial charge < -0.3 is 5.73 Å². The Bertz CT molecular complexity index is 322. The van der Waals surface area contributed by atoms with E-state index in [1.807, 2.05) is 12.3 Å². The molecule has 0 bridgehead atoms. The molecule has 0 saturated heterocycles. The van der Waals surface area contributed by atoms with E-state index in [0.717, 1.165) is 10.7 Å². The summed E-state index contributed by atoms with van der Waals surface area (Å²) in [6.45, 7) is 1.89. The zero-order valence-electron chi connectivity index (χ0n) is 9.05. The first-order chi connectivity index (χ1) is 7.37. The van der Waals surface area contributed by atoms with Crippen molar-refractivity contribution in [3.8, 4) is 0 Å². The van der Waals surface area contributed by atoms with Gasteiger partial charge in [-0.25, -0.2) is 4.98 Å². The summed E-state index contributed by atoms with van der Waals surface area (Å²) in [5.41, 5.74) is 6.62. The minimum absolute atomic E-state index is 0.0911. The molecule has 1 aromatic rings. The van der Waals surface area contributed by atoms with Crippen molar-refractivity contribution < 1.29 is 13.2 Å². The highest BCUT2D eigenvalue weighted by atomic mass is 32.1. The lowest BCUT2D eigenvalue weighted by Crippen LogP contribution is -2.23. The van der Waals surface area contributed by atoms with Crippen LogP contribution in [-0.2, 0) is 6.42 Å². The number of hydrogen-bond acceptors (Lipinski definition) is 3. The lowest BCUT2D eigenvalue weighted by Gasteiger charge is -2.11. The molecule has 0 radical (unpaired) electrons. The fourth-order valence-corrected chi connectivity index (χ4v) is 2.06. The van der Waals surface area contributed by atoms with Crippen LogP contribution in [0, 0.1) is 6.92 Å². The van der Waals surface area contributed by atoms with Crippen LogP contribution in [-0.4, -0.2) is 17.2 Å². The number of alkyl halides is 3. The molecule has 6 heteroatoms. The average Bonchev–Trinajstić information content (AvgIpc) is 2.48. The van der Waals surface area contributed by atoms with E-state index in [1.54, 1.807) is 0 Å². The highest BCUT2D eigenvalue weighted by Crippen LogP contribution is 2.23. The van der Waals surface area contributed by atoms with Gasteiger partial charge in [0.1, 0.15) is 0 Å². The van der Waals surface area contributed by atoms with Crippen LogP contribution in [0.3, 0.4) is 0 Å². The number of aryl methyl sites for hydroxylation is 1. The molecule has 0 aliphatic heterocycles. The minimum atomic E-state index is -4.07. The Morgan fingerprint density at radius 2 is 2.19 bits per heavy atom. The van der Waals surface area contributed by atoms with E-state index < -0.39 is 12.6 Å². The Labute approximate surface area is 96.7 Å². The molecule has 16 heavy (non-hydrogen) atoms. The van der Waals surface area contributed by atoms with Crippen molar-refractivity contribution in [2.45, 2.75) is 44.8 Å². The summed E-state index contributed by atoms with van der Waals surface area (Å²) in [6.07, 6.45) is -3.79. The van der Waals surface area contributed by atoms with Crippen LogP contribution in [0.4, 0.5) is 13.2 Å². The van der Waals surface area contributed by atoms with Crippen molar-refractivity contribution in [3.05, 3.63) is 16.1 Å². The first kappa shape index (κ1) is 13.4. The molecule has 1 aromatic heterocycles. The quantitative estimate of drug-likeness (QED) is 0.874. The van der Waals surface area contributed by atoms with Crippen LogP contribution in [0.5, 0.6) is 0 Å². The summed E-state index contributed by atoms with van der Waals surface area (Å²) >= 11 is 1.53. The molecule has 2 nitrogen and oxygen atoms in total. The normalized spacial score (nSPS) is 14.1. The number of rotatable bonds is 5. The monoisotopic (exact) mass is 252 g/mol. The molecule has 0 spiro atoms. The second-order valence-corrected chi connectivity index (χ2v) is 4.89. The van der Waals surface area contributed by atoms with Gasteiger partial charge in [0.05, 0.1) is 10.7 Å². The SMILES string of the molecule is Cc1nc(CC(N)CCCC(F)(F)F)cs1. The average molecular weight is 252 g/mol. The zero-order chi connectivity index (χ0) is 12.2. The van der Waals surface area contributed by atoms with E-state index in [1.165, 1.54) is 11.3 Å². The van der Waals surface area contributed by atoms with Gasteiger partial charge in [-0.05, 0) is 19.8 Å². The van der Waals surface area contributed by atoms with Crippen LogP contribution in [0.1, 0.15) is 30.0 Å². The summed E-state index contributed by atoms with van der Waals surface area (Å²) in [5, 5.41) is 2.86. The molecule has 1 rings (SSSR count). The first-order valence-corrected chi connectivity index (χ1v) is 5.98. The van der Waals surface area contributed by atoms with Crippen LogP contribution >= 0.6 is 11.3 Å². The van der Waals surface area contributed by atoms with Gasteiger partial charge in [0.15, 0.2) is 0 Å². The van der Waals surface area contributed by atoms with Crippen LogP contribution in [0.2, 0.25) is 0 Å². The maximum atomic E-state index is 11.9. The van der Waals surface area contributed by atoms with Crippen molar-refractivity contribution >= 4 is 11.3 Å². The van der Waals surface area contributed by atoms with E-state index in [0.29, 0.717) is 12.8 Å². The van der Waals surface area contributed by atoms with Gasteiger partial charge in [0.25, 0.3) is 0 Å². The van der Waals surface area contributed by atoms with Crippen molar-refractivity contribution in [3.63, 3.8) is 0 Å². The summed E-state index contributed by atoms with van der Waals surface area (Å²) in [4.78, 5) is 4.22. The van der Waals surface area contributed by atoms with Crippen molar-refractivity contribution in [2.75, 3.05) is 0 Å². The maximum Gasteiger partial charge on any atom is 0.389 e. The van der Waals surface area contributed by atoms with Crippen LogP contribution < -0.4 is 5.73 Å². The fourth-order valence-electron chi connectivity index (χ4n) is 1.44.